The Morgan fingerprint density at radius 2 is 2.05 bits per heavy atom. The van der Waals surface area contributed by atoms with Gasteiger partial charge in [-0.05, 0) is 42.0 Å². The Morgan fingerprint density at radius 1 is 1.32 bits per heavy atom. The van der Waals surface area contributed by atoms with Gasteiger partial charge < -0.3 is 5.32 Å². The van der Waals surface area contributed by atoms with E-state index in [1.165, 1.54) is 29.9 Å². The number of rotatable bonds is 5. The molecule has 2 atom stereocenters. The first-order valence-electron chi connectivity index (χ1n) is 7.43. The van der Waals surface area contributed by atoms with Crippen molar-refractivity contribution in [2.24, 2.45) is 5.41 Å². The van der Waals surface area contributed by atoms with Gasteiger partial charge in [-0.25, -0.2) is 0 Å². The first-order valence-corrected chi connectivity index (χ1v) is 8.58. The summed E-state index contributed by atoms with van der Waals surface area (Å²) in [4.78, 5) is 0. The molecule has 1 aromatic carbocycles. The molecule has 0 saturated carbocycles. The van der Waals surface area contributed by atoms with E-state index in [1.54, 1.807) is 0 Å². The molecule has 1 aliphatic heterocycles. The van der Waals surface area contributed by atoms with Crippen molar-refractivity contribution in [3.8, 4) is 0 Å². The number of hydrogen-bond acceptors (Lipinski definition) is 2. The summed E-state index contributed by atoms with van der Waals surface area (Å²) in [5.74, 6) is 3.24. The van der Waals surface area contributed by atoms with Crippen molar-refractivity contribution >= 4 is 11.8 Å². The third-order valence-electron chi connectivity index (χ3n) is 3.99. The minimum Gasteiger partial charge on any atom is -0.313 e. The first-order chi connectivity index (χ1) is 9.07. The average Bonchev–Trinajstić information content (AvgIpc) is 2.38. The highest BCUT2D eigenvalue weighted by Crippen LogP contribution is 2.33. The monoisotopic (exact) mass is 277 g/mol. The van der Waals surface area contributed by atoms with Crippen LogP contribution in [0.4, 0.5) is 0 Å². The van der Waals surface area contributed by atoms with Crippen LogP contribution < -0.4 is 5.32 Å². The fraction of sp³-hybridized carbons (Fsp3) is 0.647. The standard InChI is InChI=1S/C17H27NS/c1-14(15-7-5-4-6-8-15)9-10-18-16-11-17(2,3)13-19-12-16/h4-8,14,16,18H,9-13H2,1-3H3. The molecule has 0 aromatic heterocycles. The molecule has 1 saturated heterocycles. The van der Waals surface area contributed by atoms with E-state index in [-0.39, 0.29) is 0 Å². The van der Waals surface area contributed by atoms with Gasteiger partial charge in [0.1, 0.15) is 0 Å². The maximum Gasteiger partial charge on any atom is 0.0163 e. The molecule has 1 N–H and O–H groups in total. The van der Waals surface area contributed by atoms with E-state index in [0.717, 1.165) is 6.54 Å². The fourth-order valence-corrected chi connectivity index (χ4v) is 4.15. The molecule has 2 unspecified atom stereocenters. The second-order valence-electron chi connectivity index (χ2n) is 6.63. The molecule has 0 radical (unpaired) electrons. The van der Waals surface area contributed by atoms with Crippen LogP contribution in [-0.4, -0.2) is 24.1 Å². The number of hydrogen-bond donors (Lipinski definition) is 1. The second-order valence-corrected chi connectivity index (χ2v) is 7.67. The Kier molecular flexibility index (Phi) is 5.35. The minimum atomic E-state index is 0.506. The van der Waals surface area contributed by atoms with Crippen molar-refractivity contribution in [3.05, 3.63) is 35.9 Å². The van der Waals surface area contributed by atoms with Gasteiger partial charge in [0.2, 0.25) is 0 Å². The molecule has 0 spiro atoms. The summed E-state index contributed by atoms with van der Waals surface area (Å²) < 4.78 is 0. The van der Waals surface area contributed by atoms with Gasteiger partial charge in [0.15, 0.2) is 0 Å². The van der Waals surface area contributed by atoms with Crippen molar-refractivity contribution in [2.45, 2.75) is 45.6 Å². The highest BCUT2D eigenvalue weighted by molar-refractivity contribution is 7.99. The minimum absolute atomic E-state index is 0.506. The van der Waals surface area contributed by atoms with Gasteiger partial charge in [0.05, 0.1) is 0 Å². The molecular formula is C17H27NS. The Balaban J connectivity index is 1.72. The SMILES string of the molecule is CC(CCNC1CSCC(C)(C)C1)c1ccccc1. The van der Waals surface area contributed by atoms with Crippen LogP contribution >= 0.6 is 11.8 Å². The lowest BCUT2D eigenvalue weighted by atomic mass is 9.87. The molecule has 106 valence electrons. The summed E-state index contributed by atoms with van der Waals surface area (Å²) in [5.41, 5.74) is 1.97. The normalized spacial score (nSPS) is 24.1. The second kappa shape index (κ2) is 6.81. The summed E-state index contributed by atoms with van der Waals surface area (Å²) in [6, 6.07) is 11.6. The van der Waals surface area contributed by atoms with E-state index in [4.69, 9.17) is 0 Å². The van der Waals surface area contributed by atoms with Crippen molar-refractivity contribution in [3.63, 3.8) is 0 Å². The average molecular weight is 277 g/mol. The molecule has 1 fully saturated rings. The van der Waals surface area contributed by atoms with Crippen LogP contribution in [-0.2, 0) is 0 Å². The van der Waals surface area contributed by atoms with Crippen molar-refractivity contribution in [1.82, 2.24) is 5.32 Å². The van der Waals surface area contributed by atoms with Crippen LogP contribution in [0, 0.1) is 5.41 Å². The Morgan fingerprint density at radius 3 is 2.74 bits per heavy atom. The maximum atomic E-state index is 3.76. The van der Waals surface area contributed by atoms with Gasteiger partial charge in [-0.15, -0.1) is 0 Å². The molecule has 2 heteroatoms. The largest absolute Gasteiger partial charge is 0.313 e. The summed E-state index contributed by atoms with van der Waals surface area (Å²) in [6.07, 6.45) is 2.55. The van der Waals surface area contributed by atoms with Crippen molar-refractivity contribution in [2.75, 3.05) is 18.1 Å². The Bertz CT molecular complexity index is 374. The number of benzene rings is 1. The van der Waals surface area contributed by atoms with Crippen LogP contribution in [0.25, 0.3) is 0 Å². The van der Waals surface area contributed by atoms with Gasteiger partial charge in [-0.3, -0.25) is 0 Å². The van der Waals surface area contributed by atoms with Crippen LogP contribution in [0.5, 0.6) is 0 Å². The highest BCUT2D eigenvalue weighted by atomic mass is 32.2. The van der Waals surface area contributed by atoms with Crippen LogP contribution in [0.2, 0.25) is 0 Å². The fourth-order valence-electron chi connectivity index (χ4n) is 2.85. The van der Waals surface area contributed by atoms with Crippen LogP contribution in [0.1, 0.15) is 45.1 Å². The van der Waals surface area contributed by atoms with Crippen molar-refractivity contribution < 1.29 is 0 Å². The van der Waals surface area contributed by atoms with Gasteiger partial charge >= 0.3 is 0 Å². The third kappa shape index (κ3) is 4.85. The zero-order valence-corrected chi connectivity index (χ0v) is 13.3. The summed E-state index contributed by atoms with van der Waals surface area (Å²) in [6.45, 7) is 8.24. The molecule has 19 heavy (non-hydrogen) atoms. The summed E-state index contributed by atoms with van der Waals surface area (Å²) >= 11 is 2.10. The van der Waals surface area contributed by atoms with E-state index in [1.807, 2.05) is 0 Å². The predicted molar refractivity (Wildman–Crippen MR) is 87.0 cm³/mol. The molecule has 1 aliphatic rings. The molecule has 2 rings (SSSR count). The zero-order valence-electron chi connectivity index (χ0n) is 12.5. The summed E-state index contributed by atoms with van der Waals surface area (Å²) in [5, 5.41) is 3.76. The lowest BCUT2D eigenvalue weighted by Crippen LogP contribution is -2.40. The van der Waals surface area contributed by atoms with Gasteiger partial charge in [0.25, 0.3) is 0 Å². The number of thioether (sulfide) groups is 1. The molecule has 1 nitrogen and oxygen atoms in total. The molecule has 0 bridgehead atoms. The van der Waals surface area contributed by atoms with Gasteiger partial charge in [-0.1, -0.05) is 51.1 Å². The molecule has 1 aromatic rings. The van der Waals surface area contributed by atoms with E-state index < -0.39 is 0 Å². The van der Waals surface area contributed by atoms with Crippen molar-refractivity contribution in [1.29, 1.82) is 0 Å². The lowest BCUT2D eigenvalue weighted by Gasteiger charge is -2.35. The van der Waals surface area contributed by atoms with Crippen LogP contribution in [0.3, 0.4) is 0 Å². The van der Waals surface area contributed by atoms with E-state index >= 15 is 0 Å². The van der Waals surface area contributed by atoms with Gasteiger partial charge in [0, 0.05) is 11.8 Å². The quantitative estimate of drug-likeness (QED) is 0.861. The van der Waals surface area contributed by atoms with Crippen LogP contribution in [0.15, 0.2) is 30.3 Å². The number of nitrogens with one attached hydrogen (secondary N) is 1. The molecular weight excluding hydrogens is 250 g/mol. The third-order valence-corrected chi connectivity index (χ3v) is 5.61. The molecule has 1 heterocycles. The Hall–Kier alpha value is -0.470. The first kappa shape index (κ1) is 14.9. The molecule has 0 amide bonds. The van der Waals surface area contributed by atoms with Gasteiger partial charge in [-0.2, -0.15) is 11.8 Å². The van der Waals surface area contributed by atoms with E-state index in [2.05, 4.69) is 68.2 Å². The lowest BCUT2D eigenvalue weighted by molar-refractivity contribution is 0.316. The Labute approximate surface area is 122 Å². The smallest absolute Gasteiger partial charge is 0.0163 e. The highest BCUT2D eigenvalue weighted by Gasteiger charge is 2.27. The topological polar surface area (TPSA) is 12.0 Å². The molecule has 0 aliphatic carbocycles. The van der Waals surface area contributed by atoms with E-state index in [9.17, 15) is 0 Å². The predicted octanol–water partition coefficient (Wildman–Crippen LogP) is 4.30. The van der Waals surface area contributed by atoms with E-state index in [0.29, 0.717) is 17.4 Å². The zero-order chi connectivity index (χ0) is 13.7. The maximum absolute atomic E-state index is 3.76. The summed E-state index contributed by atoms with van der Waals surface area (Å²) in [7, 11) is 0.